The summed E-state index contributed by atoms with van der Waals surface area (Å²) in [6.07, 6.45) is -0.689. The third-order valence-corrected chi connectivity index (χ3v) is 4.41. The fourth-order valence-corrected chi connectivity index (χ4v) is 2.79. The lowest BCUT2D eigenvalue weighted by molar-refractivity contribution is 0.0285. The number of ketones is 1. The van der Waals surface area contributed by atoms with Crippen LogP contribution in [-0.4, -0.2) is 21.9 Å². The van der Waals surface area contributed by atoms with E-state index in [9.17, 15) is 9.59 Å². The summed E-state index contributed by atoms with van der Waals surface area (Å²) >= 11 is 1.10. The van der Waals surface area contributed by atoms with Crippen molar-refractivity contribution in [3.63, 3.8) is 0 Å². The van der Waals surface area contributed by atoms with Crippen LogP contribution >= 0.6 is 11.3 Å². The first-order valence-corrected chi connectivity index (χ1v) is 8.07. The smallest absolute Gasteiger partial charge is 0.349 e. The molecule has 122 valence electrons. The Morgan fingerprint density at radius 3 is 2.46 bits per heavy atom. The van der Waals surface area contributed by atoms with Gasteiger partial charge in [0.15, 0.2) is 11.9 Å². The van der Waals surface area contributed by atoms with Crippen molar-refractivity contribution in [1.82, 2.24) is 10.2 Å². The summed E-state index contributed by atoms with van der Waals surface area (Å²) in [5, 5.41) is 7.89. The molecule has 0 amide bonds. The molecule has 3 aromatic rings. The third-order valence-electron chi connectivity index (χ3n) is 3.25. The number of Topliss-reactive ketones (excluding diaryl/α,β-unsaturated/α-hetero) is 1. The average Bonchev–Trinajstić information content (AvgIpc) is 3.25. The van der Waals surface area contributed by atoms with Crippen molar-refractivity contribution in [2.24, 2.45) is 0 Å². The predicted octanol–water partition coefficient (Wildman–Crippen LogP) is 3.92. The lowest BCUT2D eigenvalue weighted by atomic mass is 10.2. The number of ether oxygens (including phenoxy) is 1. The van der Waals surface area contributed by atoms with E-state index in [2.05, 4.69) is 10.2 Å². The monoisotopic (exact) mass is 342 g/mol. The first-order valence-electron chi connectivity index (χ1n) is 7.25. The maximum Gasteiger partial charge on any atom is 0.349 e. The highest BCUT2D eigenvalue weighted by molar-refractivity contribution is 7.15. The van der Waals surface area contributed by atoms with Crippen LogP contribution in [0.4, 0.5) is 0 Å². The van der Waals surface area contributed by atoms with E-state index in [-0.39, 0.29) is 11.7 Å². The normalized spacial score (nSPS) is 11.9. The van der Waals surface area contributed by atoms with Gasteiger partial charge in [-0.25, -0.2) is 4.79 Å². The minimum atomic E-state index is -0.689. The molecule has 3 rings (SSSR count). The molecule has 0 unspecified atom stereocenters. The van der Waals surface area contributed by atoms with Crippen LogP contribution in [-0.2, 0) is 4.74 Å². The van der Waals surface area contributed by atoms with E-state index in [1.165, 1.54) is 6.92 Å². The molecule has 24 heavy (non-hydrogen) atoms. The summed E-state index contributed by atoms with van der Waals surface area (Å²) in [6, 6.07) is 12.5. The summed E-state index contributed by atoms with van der Waals surface area (Å²) in [4.78, 5) is 24.3. The van der Waals surface area contributed by atoms with Crippen LogP contribution in [0, 0.1) is 0 Å². The Bertz CT molecular complexity index is 870. The van der Waals surface area contributed by atoms with Crippen molar-refractivity contribution in [2.45, 2.75) is 20.0 Å². The van der Waals surface area contributed by atoms with Gasteiger partial charge in [-0.05, 0) is 38.1 Å². The van der Waals surface area contributed by atoms with Crippen molar-refractivity contribution in [2.75, 3.05) is 0 Å². The number of rotatable bonds is 5. The summed E-state index contributed by atoms with van der Waals surface area (Å²) in [5.74, 6) is -0.0370. The molecular weight excluding hydrogens is 328 g/mol. The Hall–Kier alpha value is -2.80. The Morgan fingerprint density at radius 1 is 1.08 bits per heavy atom. The van der Waals surface area contributed by atoms with Crippen molar-refractivity contribution in [3.8, 4) is 11.5 Å². The maximum absolute atomic E-state index is 12.1. The van der Waals surface area contributed by atoms with Gasteiger partial charge in [-0.15, -0.1) is 21.5 Å². The molecule has 0 aliphatic rings. The molecule has 0 spiro atoms. The van der Waals surface area contributed by atoms with Crippen LogP contribution in [0.1, 0.15) is 45.2 Å². The second-order valence-corrected chi connectivity index (χ2v) is 6.16. The molecule has 0 saturated heterocycles. The summed E-state index contributed by atoms with van der Waals surface area (Å²) in [7, 11) is 0. The number of carbonyl (C=O) groups excluding carboxylic acids is 2. The third kappa shape index (κ3) is 3.41. The Labute approximate surface area is 142 Å². The first-order chi connectivity index (χ1) is 11.5. The largest absolute Gasteiger partial charge is 0.448 e. The van der Waals surface area contributed by atoms with E-state index in [1.54, 1.807) is 19.1 Å². The van der Waals surface area contributed by atoms with E-state index in [4.69, 9.17) is 9.15 Å². The molecule has 1 aromatic carbocycles. The fourth-order valence-electron chi connectivity index (χ4n) is 2.00. The van der Waals surface area contributed by atoms with Gasteiger partial charge in [0.05, 0.1) is 4.88 Å². The first kappa shape index (κ1) is 16.1. The molecular formula is C17H14N2O4S. The highest BCUT2D eigenvalue weighted by atomic mass is 32.1. The molecule has 0 fully saturated rings. The van der Waals surface area contributed by atoms with Crippen LogP contribution < -0.4 is 0 Å². The van der Waals surface area contributed by atoms with Crippen LogP contribution in [0.2, 0.25) is 0 Å². The molecule has 0 aliphatic heterocycles. The molecule has 0 aliphatic carbocycles. The van der Waals surface area contributed by atoms with Crippen molar-refractivity contribution in [3.05, 3.63) is 58.1 Å². The Balaban J connectivity index is 1.70. The second-order valence-electron chi connectivity index (χ2n) is 5.08. The zero-order valence-electron chi connectivity index (χ0n) is 13.1. The van der Waals surface area contributed by atoms with Crippen LogP contribution in [0.3, 0.4) is 0 Å². The van der Waals surface area contributed by atoms with E-state index in [1.807, 2.05) is 30.3 Å². The SMILES string of the molecule is CC(=O)c1ccc(C(=O)O[C@H](C)c2nnc(-c3ccccc3)o2)s1. The maximum atomic E-state index is 12.1. The molecule has 0 N–H and O–H groups in total. The summed E-state index contributed by atoms with van der Waals surface area (Å²) < 4.78 is 10.9. The number of hydrogen-bond acceptors (Lipinski definition) is 7. The van der Waals surface area contributed by atoms with Crippen LogP contribution in [0.15, 0.2) is 46.9 Å². The zero-order chi connectivity index (χ0) is 17.1. The van der Waals surface area contributed by atoms with E-state index < -0.39 is 12.1 Å². The number of aromatic nitrogens is 2. The molecule has 0 saturated carbocycles. The second kappa shape index (κ2) is 6.76. The zero-order valence-corrected chi connectivity index (χ0v) is 13.9. The number of nitrogens with zero attached hydrogens (tertiary/aromatic N) is 2. The van der Waals surface area contributed by atoms with Gasteiger partial charge < -0.3 is 9.15 Å². The van der Waals surface area contributed by atoms with Gasteiger partial charge >= 0.3 is 5.97 Å². The van der Waals surface area contributed by atoms with Gasteiger partial charge in [-0.1, -0.05) is 18.2 Å². The lowest BCUT2D eigenvalue weighted by Crippen LogP contribution is -2.08. The van der Waals surface area contributed by atoms with Gasteiger partial charge in [0.2, 0.25) is 5.89 Å². The summed E-state index contributed by atoms with van der Waals surface area (Å²) in [5.41, 5.74) is 0.791. The van der Waals surface area contributed by atoms with Crippen molar-refractivity contribution in [1.29, 1.82) is 0 Å². The molecule has 2 heterocycles. The van der Waals surface area contributed by atoms with Crippen molar-refractivity contribution >= 4 is 23.1 Å². The minimum absolute atomic E-state index is 0.0866. The van der Waals surface area contributed by atoms with Crippen molar-refractivity contribution < 1.29 is 18.7 Å². The van der Waals surface area contributed by atoms with Gasteiger partial charge in [-0.3, -0.25) is 4.79 Å². The van der Waals surface area contributed by atoms with E-state index >= 15 is 0 Å². The van der Waals surface area contributed by atoms with Gasteiger partial charge in [0, 0.05) is 5.56 Å². The van der Waals surface area contributed by atoms with Gasteiger partial charge in [0.25, 0.3) is 5.89 Å². The highest BCUT2D eigenvalue weighted by Gasteiger charge is 2.21. The van der Waals surface area contributed by atoms with Crippen LogP contribution in [0.25, 0.3) is 11.5 Å². The Kier molecular flexibility index (Phi) is 4.52. The topological polar surface area (TPSA) is 82.3 Å². The minimum Gasteiger partial charge on any atom is -0.448 e. The molecule has 2 aromatic heterocycles. The molecule has 7 heteroatoms. The Morgan fingerprint density at radius 2 is 1.79 bits per heavy atom. The number of benzene rings is 1. The molecule has 1 atom stereocenters. The average molecular weight is 342 g/mol. The number of thiophene rings is 1. The lowest BCUT2D eigenvalue weighted by Gasteiger charge is -2.07. The number of esters is 1. The standard InChI is InChI=1S/C17H14N2O4S/c1-10(20)13-8-9-14(24-13)17(21)22-11(2)15-18-19-16(23-15)12-6-4-3-5-7-12/h3-9,11H,1-2H3/t11-/m1/s1. The quantitative estimate of drug-likeness (QED) is 0.516. The van der Waals surface area contributed by atoms with E-state index in [0.29, 0.717) is 15.6 Å². The molecule has 0 bridgehead atoms. The molecule has 0 radical (unpaired) electrons. The number of carbonyl (C=O) groups is 2. The highest BCUT2D eigenvalue weighted by Crippen LogP contribution is 2.24. The summed E-state index contributed by atoms with van der Waals surface area (Å²) in [6.45, 7) is 3.10. The fraction of sp³-hybridized carbons (Fsp3) is 0.176. The van der Waals surface area contributed by atoms with E-state index in [0.717, 1.165) is 16.9 Å². The number of hydrogen-bond donors (Lipinski definition) is 0. The van der Waals surface area contributed by atoms with Gasteiger partial charge in [0.1, 0.15) is 4.88 Å². The van der Waals surface area contributed by atoms with Gasteiger partial charge in [-0.2, -0.15) is 0 Å². The molecule has 6 nitrogen and oxygen atoms in total. The predicted molar refractivity (Wildman–Crippen MR) is 87.9 cm³/mol. The van der Waals surface area contributed by atoms with Crippen LogP contribution in [0.5, 0.6) is 0 Å².